The molecule has 0 bridgehead atoms. The standard InChI is InChI=1S/2C5H9N.C4H7N.CH3.Mn/c2*1-5(2,3)6-4;1-4(2)5-3;;/h2*1-3H3;4H,1-2H3;1H3;/q;;;-1;. The fraction of sp³-hybridized carbons (Fsp3) is 0.733. The molecule has 111 valence electrons. The van der Waals surface area contributed by atoms with E-state index in [2.05, 4.69) is 14.5 Å². The van der Waals surface area contributed by atoms with Crippen LogP contribution < -0.4 is 0 Å². The molecular formula is C15H28MnN3-. The van der Waals surface area contributed by atoms with Crippen LogP contribution in [0, 0.1) is 27.1 Å². The van der Waals surface area contributed by atoms with Crippen LogP contribution >= 0.6 is 0 Å². The van der Waals surface area contributed by atoms with Gasteiger partial charge in [0.25, 0.3) is 0 Å². The zero-order chi connectivity index (χ0) is 14.7. The summed E-state index contributed by atoms with van der Waals surface area (Å²) in [5, 5.41) is 0. The first-order chi connectivity index (χ1) is 7.39. The average molecular weight is 305 g/mol. The van der Waals surface area contributed by atoms with Gasteiger partial charge in [0.15, 0.2) is 0 Å². The van der Waals surface area contributed by atoms with Gasteiger partial charge >= 0.3 is 0 Å². The Bertz CT molecular complexity index is 277. The Morgan fingerprint density at radius 1 is 0.737 bits per heavy atom. The van der Waals surface area contributed by atoms with Crippen LogP contribution in [0.1, 0.15) is 55.4 Å². The van der Waals surface area contributed by atoms with Crippen molar-refractivity contribution in [3.05, 3.63) is 41.7 Å². The largest absolute Gasteiger partial charge is 0.358 e. The molecule has 19 heavy (non-hydrogen) atoms. The Morgan fingerprint density at radius 3 is 0.842 bits per heavy atom. The van der Waals surface area contributed by atoms with Crippen LogP contribution in [-0.2, 0) is 17.1 Å². The van der Waals surface area contributed by atoms with Crippen molar-refractivity contribution in [2.45, 2.75) is 72.5 Å². The first-order valence-corrected chi connectivity index (χ1v) is 5.53. The third kappa shape index (κ3) is 78.1. The Balaban J connectivity index is -0.0000000492. The van der Waals surface area contributed by atoms with Crippen molar-refractivity contribution < 1.29 is 17.1 Å². The summed E-state index contributed by atoms with van der Waals surface area (Å²) in [5.41, 5.74) is -0.333. The number of hydrogen-bond donors (Lipinski definition) is 0. The van der Waals surface area contributed by atoms with Crippen molar-refractivity contribution in [2.24, 2.45) is 0 Å². The minimum Gasteiger partial charge on any atom is -0.358 e. The summed E-state index contributed by atoms with van der Waals surface area (Å²) in [5.74, 6) is 0. The summed E-state index contributed by atoms with van der Waals surface area (Å²) in [6.07, 6.45) is 0. The van der Waals surface area contributed by atoms with E-state index < -0.39 is 0 Å². The van der Waals surface area contributed by atoms with E-state index in [1.165, 1.54) is 0 Å². The summed E-state index contributed by atoms with van der Waals surface area (Å²) >= 11 is 0. The fourth-order valence-corrected chi connectivity index (χ4v) is 0. The van der Waals surface area contributed by atoms with Crippen LogP contribution in [0.3, 0.4) is 0 Å². The van der Waals surface area contributed by atoms with Gasteiger partial charge in [-0.25, -0.2) is 19.7 Å². The van der Waals surface area contributed by atoms with Crippen LogP contribution in [0.2, 0.25) is 0 Å². The van der Waals surface area contributed by atoms with Gasteiger partial charge in [-0.15, -0.1) is 0 Å². The SMILES string of the molecule is [C-]#[N+]C(C)(C)C.[C-]#[N+]C(C)(C)C.[C-]#[N+]C(C)C.[CH3-].[Mn]. The normalized spacial score (nSPS) is 8.53. The second-order valence-electron chi connectivity index (χ2n) is 5.79. The second-order valence-corrected chi connectivity index (χ2v) is 5.79. The van der Waals surface area contributed by atoms with E-state index in [1.807, 2.05) is 55.4 Å². The van der Waals surface area contributed by atoms with E-state index in [-0.39, 0.29) is 41.6 Å². The Labute approximate surface area is 131 Å². The molecule has 0 unspecified atom stereocenters. The zero-order valence-corrected chi connectivity index (χ0v) is 15.0. The van der Waals surface area contributed by atoms with Gasteiger partial charge in [0.1, 0.15) is 0 Å². The van der Waals surface area contributed by atoms with Gasteiger partial charge in [0.05, 0.1) is 0 Å². The third-order valence-electron chi connectivity index (χ3n) is 0.929. The number of rotatable bonds is 0. The quantitative estimate of drug-likeness (QED) is 0.433. The van der Waals surface area contributed by atoms with Crippen LogP contribution in [0.15, 0.2) is 0 Å². The molecule has 0 aromatic heterocycles. The van der Waals surface area contributed by atoms with Gasteiger partial charge in [0, 0.05) is 72.5 Å². The summed E-state index contributed by atoms with van der Waals surface area (Å²) in [6, 6.07) is 0.176. The molecule has 0 amide bonds. The van der Waals surface area contributed by atoms with Crippen LogP contribution in [-0.4, -0.2) is 17.1 Å². The van der Waals surface area contributed by atoms with Gasteiger partial charge in [-0.2, -0.15) is 0 Å². The predicted octanol–water partition coefficient (Wildman–Crippen LogP) is 5.17. The number of nitrogens with zero attached hydrogens (tertiary/aromatic N) is 3. The molecule has 0 aliphatic heterocycles. The molecular weight excluding hydrogens is 277 g/mol. The van der Waals surface area contributed by atoms with Crippen LogP contribution in [0.4, 0.5) is 0 Å². The third-order valence-corrected chi connectivity index (χ3v) is 0.929. The fourth-order valence-electron chi connectivity index (χ4n) is 0. The van der Waals surface area contributed by atoms with E-state index in [0.29, 0.717) is 0 Å². The summed E-state index contributed by atoms with van der Waals surface area (Å²) in [4.78, 5) is 9.68. The molecule has 0 aromatic carbocycles. The Morgan fingerprint density at radius 2 is 0.842 bits per heavy atom. The molecule has 0 fully saturated rings. The molecule has 0 saturated carbocycles. The molecule has 0 spiro atoms. The first kappa shape index (κ1) is 30.8. The van der Waals surface area contributed by atoms with Gasteiger partial charge in [0.2, 0.25) is 17.1 Å². The average Bonchev–Trinajstić information content (AvgIpc) is 2.17. The molecule has 0 atom stereocenters. The predicted molar refractivity (Wildman–Crippen MR) is 80.9 cm³/mol. The first-order valence-electron chi connectivity index (χ1n) is 5.53. The van der Waals surface area contributed by atoms with Crippen molar-refractivity contribution in [1.29, 1.82) is 0 Å². The van der Waals surface area contributed by atoms with Crippen molar-refractivity contribution >= 4 is 0 Å². The second kappa shape index (κ2) is 15.0. The van der Waals surface area contributed by atoms with Gasteiger partial charge in [-0.3, -0.25) is 0 Å². The summed E-state index contributed by atoms with van der Waals surface area (Å²) in [6.45, 7) is 34.3. The molecule has 0 aliphatic rings. The van der Waals surface area contributed by atoms with E-state index >= 15 is 0 Å². The summed E-state index contributed by atoms with van der Waals surface area (Å²) in [7, 11) is 0. The zero-order valence-electron chi connectivity index (χ0n) is 13.8. The Hall–Kier alpha value is -1.01. The van der Waals surface area contributed by atoms with Crippen molar-refractivity contribution in [3.8, 4) is 0 Å². The molecule has 0 rings (SSSR count). The maximum absolute atomic E-state index is 6.48. The molecule has 0 N–H and O–H groups in total. The minimum atomic E-state index is -0.167. The minimum absolute atomic E-state index is 0. The topological polar surface area (TPSA) is 13.1 Å². The van der Waals surface area contributed by atoms with Crippen LogP contribution in [0.5, 0.6) is 0 Å². The molecule has 0 aliphatic carbocycles. The number of hydrogen-bond acceptors (Lipinski definition) is 0. The van der Waals surface area contributed by atoms with E-state index in [0.717, 1.165) is 0 Å². The molecule has 3 nitrogen and oxygen atoms in total. The Kier molecular flexibility index (Phi) is 24.4. The van der Waals surface area contributed by atoms with Crippen molar-refractivity contribution in [1.82, 2.24) is 0 Å². The summed E-state index contributed by atoms with van der Waals surface area (Å²) < 4.78 is 0. The van der Waals surface area contributed by atoms with E-state index in [9.17, 15) is 0 Å². The molecule has 0 aromatic rings. The molecule has 0 saturated heterocycles. The van der Waals surface area contributed by atoms with Crippen molar-refractivity contribution in [3.63, 3.8) is 0 Å². The molecule has 4 heteroatoms. The van der Waals surface area contributed by atoms with Gasteiger partial charge < -0.3 is 22.0 Å². The monoisotopic (exact) mass is 305 g/mol. The van der Waals surface area contributed by atoms with E-state index in [4.69, 9.17) is 19.7 Å². The van der Waals surface area contributed by atoms with Gasteiger partial charge in [-0.05, 0) is 0 Å². The maximum Gasteiger partial charge on any atom is 0.224 e. The van der Waals surface area contributed by atoms with Crippen molar-refractivity contribution in [2.75, 3.05) is 0 Å². The smallest absolute Gasteiger partial charge is 0.224 e. The van der Waals surface area contributed by atoms with Crippen LogP contribution in [0.25, 0.3) is 14.5 Å². The van der Waals surface area contributed by atoms with E-state index in [1.54, 1.807) is 0 Å². The molecule has 0 heterocycles. The maximum atomic E-state index is 6.48. The van der Waals surface area contributed by atoms with Gasteiger partial charge in [-0.1, -0.05) is 0 Å². The molecule has 1 radical (unpaired) electrons.